The van der Waals surface area contributed by atoms with Crippen molar-refractivity contribution in [3.05, 3.63) is 64.7 Å². The smallest absolute Gasteiger partial charge is 0.115 e. The lowest BCUT2D eigenvalue weighted by Gasteiger charge is -1.95. The van der Waals surface area contributed by atoms with Gasteiger partial charge in [-0.15, -0.1) is 0 Å². The molecule has 1 N–H and O–H groups in total. The first-order valence-corrected chi connectivity index (χ1v) is 5.34. The van der Waals surface area contributed by atoms with E-state index < -0.39 is 0 Å². The van der Waals surface area contributed by atoms with Gasteiger partial charge >= 0.3 is 0 Å². The molecule has 0 spiro atoms. The molecule has 0 aliphatic carbocycles. The van der Waals surface area contributed by atoms with Crippen molar-refractivity contribution in [1.29, 1.82) is 0 Å². The van der Waals surface area contributed by atoms with Crippen LogP contribution in [-0.4, -0.2) is 5.11 Å². The molecule has 0 fully saturated rings. The van der Waals surface area contributed by atoms with Gasteiger partial charge in [0.05, 0.1) is 0 Å². The van der Waals surface area contributed by atoms with Gasteiger partial charge in [0, 0.05) is 5.02 Å². The second-order valence-electron chi connectivity index (χ2n) is 3.48. The van der Waals surface area contributed by atoms with Gasteiger partial charge in [-0.25, -0.2) is 0 Å². The summed E-state index contributed by atoms with van der Waals surface area (Å²) in [5, 5.41) is 9.87. The van der Waals surface area contributed by atoms with Crippen LogP contribution in [0.2, 0.25) is 5.02 Å². The molecule has 16 heavy (non-hydrogen) atoms. The number of aromatic hydroxyl groups is 1. The number of halogens is 1. The normalized spacial score (nSPS) is 10.8. The van der Waals surface area contributed by atoms with E-state index in [1.54, 1.807) is 12.1 Å². The Morgan fingerprint density at radius 1 is 0.750 bits per heavy atom. The van der Waals surface area contributed by atoms with Crippen LogP contribution in [0.1, 0.15) is 11.1 Å². The Bertz CT molecular complexity index is 436. The zero-order valence-corrected chi connectivity index (χ0v) is 9.35. The topological polar surface area (TPSA) is 20.2 Å². The van der Waals surface area contributed by atoms with Gasteiger partial charge in [-0.05, 0) is 35.4 Å². The zero-order valence-electron chi connectivity index (χ0n) is 8.60. The Kier molecular flexibility index (Phi) is 3.28. The molecule has 80 valence electrons. The van der Waals surface area contributed by atoms with Gasteiger partial charge in [0.15, 0.2) is 0 Å². The van der Waals surface area contributed by atoms with Crippen molar-refractivity contribution in [2.45, 2.75) is 0 Å². The molecule has 0 saturated carbocycles. The predicted molar refractivity (Wildman–Crippen MR) is 68.5 cm³/mol. The summed E-state index contributed by atoms with van der Waals surface area (Å²) in [7, 11) is 0. The molecule has 0 unspecified atom stereocenters. The minimum Gasteiger partial charge on any atom is -0.508 e. The van der Waals surface area contributed by atoms with Crippen molar-refractivity contribution >= 4 is 23.8 Å². The quantitative estimate of drug-likeness (QED) is 0.766. The Hall–Kier alpha value is -1.73. The van der Waals surface area contributed by atoms with Crippen LogP contribution in [0.25, 0.3) is 12.2 Å². The molecule has 1 nitrogen and oxygen atoms in total. The highest BCUT2D eigenvalue weighted by Gasteiger charge is 1.90. The lowest BCUT2D eigenvalue weighted by atomic mass is 10.1. The van der Waals surface area contributed by atoms with Crippen LogP contribution in [0, 0.1) is 0 Å². The Balaban J connectivity index is 2.15. The van der Waals surface area contributed by atoms with Gasteiger partial charge in [-0.2, -0.15) is 0 Å². The molecule has 0 aliphatic heterocycles. The molecule has 0 atom stereocenters. The third kappa shape index (κ3) is 2.88. The third-order valence-electron chi connectivity index (χ3n) is 2.23. The fourth-order valence-electron chi connectivity index (χ4n) is 1.35. The molecule has 2 aromatic rings. The number of hydrogen-bond acceptors (Lipinski definition) is 1. The summed E-state index contributed by atoms with van der Waals surface area (Å²) >= 11 is 5.79. The van der Waals surface area contributed by atoms with Crippen LogP contribution in [0.5, 0.6) is 5.75 Å². The summed E-state index contributed by atoms with van der Waals surface area (Å²) in [6.07, 6.45) is 3.99. The van der Waals surface area contributed by atoms with E-state index >= 15 is 0 Å². The van der Waals surface area contributed by atoms with Crippen LogP contribution < -0.4 is 0 Å². The second kappa shape index (κ2) is 4.86. The molecule has 2 rings (SSSR count). The zero-order chi connectivity index (χ0) is 11.4. The fourth-order valence-corrected chi connectivity index (χ4v) is 1.48. The van der Waals surface area contributed by atoms with Crippen LogP contribution in [0.3, 0.4) is 0 Å². The van der Waals surface area contributed by atoms with Crippen molar-refractivity contribution in [2.24, 2.45) is 0 Å². The highest BCUT2D eigenvalue weighted by molar-refractivity contribution is 6.30. The number of phenolic OH excluding ortho intramolecular Hbond substituents is 1. The van der Waals surface area contributed by atoms with E-state index in [1.165, 1.54) is 0 Å². The molecule has 0 radical (unpaired) electrons. The number of phenols is 1. The number of benzene rings is 2. The molecule has 2 heteroatoms. The summed E-state index contributed by atoms with van der Waals surface area (Å²) in [6.45, 7) is 0. The Morgan fingerprint density at radius 3 is 1.69 bits per heavy atom. The number of hydrogen-bond donors (Lipinski definition) is 1. The summed E-state index contributed by atoms with van der Waals surface area (Å²) in [5.41, 5.74) is 2.14. The number of rotatable bonds is 2. The van der Waals surface area contributed by atoms with Gasteiger partial charge in [0.1, 0.15) is 5.75 Å². The Labute approximate surface area is 99.6 Å². The van der Waals surface area contributed by atoms with Gasteiger partial charge < -0.3 is 5.11 Å². The van der Waals surface area contributed by atoms with Crippen molar-refractivity contribution in [3.8, 4) is 5.75 Å². The van der Waals surface area contributed by atoms with Crippen LogP contribution >= 0.6 is 11.6 Å². The van der Waals surface area contributed by atoms with E-state index in [9.17, 15) is 0 Å². The monoisotopic (exact) mass is 230 g/mol. The SMILES string of the molecule is Oc1ccc(/C=C/c2ccc(Cl)cc2)cc1. The first-order valence-electron chi connectivity index (χ1n) is 4.97. The standard InChI is InChI=1S/C14H11ClO/c15-13-7-3-11(4-8-13)1-2-12-5-9-14(16)10-6-12/h1-10,16H/b2-1+. The highest BCUT2D eigenvalue weighted by atomic mass is 35.5. The minimum absolute atomic E-state index is 0.281. The van der Waals surface area contributed by atoms with Gasteiger partial charge in [-0.3, -0.25) is 0 Å². The van der Waals surface area contributed by atoms with E-state index in [4.69, 9.17) is 16.7 Å². The van der Waals surface area contributed by atoms with E-state index in [0.717, 1.165) is 16.1 Å². The van der Waals surface area contributed by atoms with Gasteiger partial charge in [-0.1, -0.05) is 48.0 Å². The molecule has 0 aliphatic rings. The van der Waals surface area contributed by atoms with Gasteiger partial charge in [0.25, 0.3) is 0 Å². The summed E-state index contributed by atoms with van der Waals surface area (Å²) in [6, 6.07) is 14.7. The first kappa shape index (κ1) is 10.8. The van der Waals surface area contributed by atoms with Crippen LogP contribution in [-0.2, 0) is 0 Å². The summed E-state index contributed by atoms with van der Waals surface area (Å²) in [4.78, 5) is 0. The van der Waals surface area contributed by atoms with Crippen molar-refractivity contribution < 1.29 is 5.11 Å². The van der Waals surface area contributed by atoms with Crippen molar-refractivity contribution in [2.75, 3.05) is 0 Å². The van der Waals surface area contributed by atoms with E-state index in [1.807, 2.05) is 48.6 Å². The summed E-state index contributed by atoms with van der Waals surface area (Å²) in [5.74, 6) is 0.281. The van der Waals surface area contributed by atoms with Crippen LogP contribution in [0.4, 0.5) is 0 Å². The van der Waals surface area contributed by atoms with Gasteiger partial charge in [0.2, 0.25) is 0 Å². The summed E-state index contributed by atoms with van der Waals surface area (Å²) < 4.78 is 0. The largest absolute Gasteiger partial charge is 0.508 e. The Morgan fingerprint density at radius 2 is 1.19 bits per heavy atom. The third-order valence-corrected chi connectivity index (χ3v) is 2.48. The molecule has 0 saturated heterocycles. The first-order chi connectivity index (χ1) is 7.74. The average molecular weight is 231 g/mol. The van der Waals surface area contributed by atoms with E-state index in [2.05, 4.69) is 0 Å². The van der Waals surface area contributed by atoms with Crippen molar-refractivity contribution in [3.63, 3.8) is 0 Å². The molecule has 0 heterocycles. The lowest BCUT2D eigenvalue weighted by molar-refractivity contribution is 0.475. The van der Waals surface area contributed by atoms with E-state index in [-0.39, 0.29) is 5.75 Å². The molecule has 0 bridgehead atoms. The maximum absolute atomic E-state index is 9.13. The highest BCUT2D eigenvalue weighted by Crippen LogP contribution is 2.14. The maximum Gasteiger partial charge on any atom is 0.115 e. The fraction of sp³-hybridized carbons (Fsp3) is 0. The molecule has 2 aromatic carbocycles. The average Bonchev–Trinajstić information content (AvgIpc) is 2.30. The second-order valence-corrected chi connectivity index (χ2v) is 3.91. The predicted octanol–water partition coefficient (Wildman–Crippen LogP) is 4.22. The minimum atomic E-state index is 0.281. The van der Waals surface area contributed by atoms with E-state index in [0.29, 0.717) is 0 Å². The molecular weight excluding hydrogens is 220 g/mol. The molecule has 0 amide bonds. The van der Waals surface area contributed by atoms with Crippen molar-refractivity contribution in [1.82, 2.24) is 0 Å². The molecule has 0 aromatic heterocycles. The maximum atomic E-state index is 9.13. The lowest BCUT2D eigenvalue weighted by Crippen LogP contribution is -1.72. The molecular formula is C14H11ClO. The van der Waals surface area contributed by atoms with Crippen LogP contribution in [0.15, 0.2) is 48.5 Å².